The zero-order valence-corrected chi connectivity index (χ0v) is 16.4. The van der Waals surface area contributed by atoms with Crippen molar-refractivity contribution >= 4 is 34.4 Å². The van der Waals surface area contributed by atoms with E-state index in [1.54, 1.807) is 30.5 Å². The van der Waals surface area contributed by atoms with E-state index in [-0.39, 0.29) is 17.3 Å². The average Bonchev–Trinajstić information content (AvgIpc) is 3.38. The second-order valence-corrected chi connectivity index (χ2v) is 7.21. The van der Waals surface area contributed by atoms with Crippen molar-refractivity contribution in [2.24, 2.45) is 0 Å². The Morgan fingerprint density at radius 3 is 2.90 bits per heavy atom. The lowest BCUT2D eigenvalue weighted by atomic mass is 10.2. The van der Waals surface area contributed by atoms with Gasteiger partial charge >= 0.3 is 5.69 Å². The number of furan rings is 1. The van der Waals surface area contributed by atoms with E-state index in [1.165, 1.54) is 11.8 Å². The van der Waals surface area contributed by atoms with Crippen LogP contribution >= 0.6 is 11.8 Å². The molecule has 0 unspecified atom stereocenters. The van der Waals surface area contributed by atoms with Crippen LogP contribution in [0, 0.1) is 6.92 Å². The standard InChI is InChI=1S/C19H18N6O3S/c1-3-7-25-17(13-6-8-28-11(13)2)23-24-19(25)29-10-16(26)20-12-4-5-14-15(9-12)22-18(27)21-14/h3-6,8-9H,1,7,10H2,2H3,(H,20,26)(H2,21,22,27). The number of benzene rings is 1. The smallest absolute Gasteiger partial charge is 0.323 e. The maximum atomic E-state index is 12.4. The maximum absolute atomic E-state index is 12.4. The number of thioether (sulfide) groups is 1. The van der Waals surface area contributed by atoms with Gasteiger partial charge in [-0.25, -0.2) is 4.79 Å². The van der Waals surface area contributed by atoms with Crippen LogP contribution in [0.5, 0.6) is 0 Å². The van der Waals surface area contributed by atoms with Crippen molar-refractivity contribution in [1.82, 2.24) is 24.7 Å². The van der Waals surface area contributed by atoms with E-state index >= 15 is 0 Å². The van der Waals surface area contributed by atoms with Crippen molar-refractivity contribution in [3.63, 3.8) is 0 Å². The summed E-state index contributed by atoms with van der Waals surface area (Å²) in [4.78, 5) is 29.1. The minimum Gasteiger partial charge on any atom is -0.469 e. The Balaban J connectivity index is 1.47. The van der Waals surface area contributed by atoms with Crippen LogP contribution in [0.3, 0.4) is 0 Å². The van der Waals surface area contributed by atoms with Gasteiger partial charge in [0.2, 0.25) is 5.91 Å². The van der Waals surface area contributed by atoms with Gasteiger partial charge in [0.05, 0.1) is 28.6 Å². The normalized spacial score (nSPS) is 11.1. The number of nitrogens with zero attached hydrogens (tertiary/aromatic N) is 3. The molecule has 3 aromatic heterocycles. The molecule has 148 valence electrons. The van der Waals surface area contributed by atoms with Crippen LogP contribution in [-0.2, 0) is 11.3 Å². The minimum absolute atomic E-state index is 0.154. The van der Waals surface area contributed by atoms with Crippen LogP contribution in [-0.4, -0.2) is 36.4 Å². The highest BCUT2D eigenvalue weighted by Gasteiger charge is 2.17. The number of nitrogens with one attached hydrogen (secondary N) is 3. The molecule has 0 radical (unpaired) electrons. The molecular weight excluding hydrogens is 392 g/mol. The molecule has 0 atom stereocenters. The highest BCUT2D eigenvalue weighted by molar-refractivity contribution is 7.99. The summed E-state index contributed by atoms with van der Waals surface area (Å²) < 4.78 is 7.24. The monoisotopic (exact) mass is 410 g/mol. The molecule has 10 heteroatoms. The molecule has 29 heavy (non-hydrogen) atoms. The van der Waals surface area contributed by atoms with Crippen molar-refractivity contribution in [2.45, 2.75) is 18.6 Å². The van der Waals surface area contributed by atoms with Gasteiger partial charge in [-0.05, 0) is 31.2 Å². The van der Waals surface area contributed by atoms with Gasteiger partial charge < -0.3 is 19.7 Å². The summed E-state index contributed by atoms with van der Waals surface area (Å²) in [6, 6.07) is 7.00. The lowest BCUT2D eigenvalue weighted by Gasteiger charge is -2.08. The zero-order chi connectivity index (χ0) is 20.4. The van der Waals surface area contributed by atoms with Crippen molar-refractivity contribution in [3.8, 4) is 11.4 Å². The summed E-state index contributed by atoms with van der Waals surface area (Å²) >= 11 is 1.28. The van der Waals surface area contributed by atoms with Gasteiger partial charge in [-0.3, -0.25) is 9.36 Å². The van der Waals surface area contributed by atoms with Crippen molar-refractivity contribution in [2.75, 3.05) is 11.1 Å². The van der Waals surface area contributed by atoms with E-state index in [1.807, 2.05) is 17.6 Å². The van der Waals surface area contributed by atoms with Gasteiger partial charge in [0.1, 0.15) is 5.76 Å². The third kappa shape index (κ3) is 3.87. The predicted octanol–water partition coefficient (Wildman–Crippen LogP) is 2.93. The van der Waals surface area contributed by atoms with E-state index in [2.05, 4.69) is 32.1 Å². The van der Waals surface area contributed by atoms with Gasteiger partial charge in [0, 0.05) is 12.2 Å². The number of hydrogen-bond donors (Lipinski definition) is 3. The van der Waals surface area contributed by atoms with Gasteiger partial charge in [-0.15, -0.1) is 16.8 Å². The Bertz CT molecular complexity index is 1250. The first-order chi connectivity index (χ1) is 14.0. The number of carbonyl (C=O) groups excluding carboxylic acids is 1. The van der Waals surface area contributed by atoms with E-state index in [4.69, 9.17) is 4.42 Å². The summed E-state index contributed by atoms with van der Waals surface area (Å²) in [5.41, 5.74) is 2.47. The predicted molar refractivity (Wildman–Crippen MR) is 111 cm³/mol. The number of carbonyl (C=O) groups is 1. The molecule has 3 heterocycles. The Morgan fingerprint density at radius 1 is 1.31 bits per heavy atom. The summed E-state index contributed by atoms with van der Waals surface area (Å²) in [5, 5.41) is 11.9. The van der Waals surface area contributed by atoms with Gasteiger partial charge in [-0.2, -0.15) is 0 Å². The van der Waals surface area contributed by atoms with Crippen molar-refractivity contribution < 1.29 is 9.21 Å². The molecular formula is C19H18N6O3S. The summed E-state index contributed by atoms with van der Waals surface area (Å²) in [5.74, 6) is 1.37. The first-order valence-electron chi connectivity index (χ1n) is 8.78. The average molecular weight is 410 g/mol. The van der Waals surface area contributed by atoms with E-state index in [9.17, 15) is 9.59 Å². The fourth-order valence-electron chi connectivity index (χ4n) is 2.94. The van der Waals surface area contributed by atoms with E-state index in [0.29, 0.717) is 34.2 Å². The molecule has 0 fully saturated rings. The number of imidazole rings is 1. The lowest BCUT2D eigenvalue weighted by molar-refractivity contribution is -0.113. The molecule has 1 aromatic carbocycles. The highest BCUT2D eigenvalue weighted by Crippen LogP contribution is 2.27. The van der Waals surface area contributed by atoms with Crippen LogP contribution in [0.1, 0.15) is 5.76 Å². The molecule has 1 amide bonds. The van der Waals surface area contributed by atoms with Gasteiger partial charge in [-0.1, -0.05) is 17.8 Å². The molecule has 0 spiro atoms. The first-order valence-corrected chi connectivity index (χ1v) is 9.77. The summed E-state index contributed by atoms with van der Waals surface area (Å²) in [6.45, 7) is 6.15. The fraction of sp³-hybridized carbons (Fsp3) is 0.158. The van der Waals surface area contributed by atoms with Gasteiger partial charge in [0.15, 0.2) is 11.0 Å². The topological polar surface area (TPSA) is 122 Å². The number of anilines is 1. The first kappa shape index (κ1) is 18.8. The number of hydrogen-bond acceptors (Lipinski definition) is 6. The Labute approximate surface area is 169 Å². The summed E-state index contributed by atoms with van der Waals surface area (Å²) in [7, 11) is 0. The van der Waals surface area contributed by atoms with Crippen LogP contribution in [0.2, 0.25) is 0 Å². The maximum Gasteiger partial charge on any atom is 0.323 e. The van der Waals surface area contributed by atoms with Crippen LogP contribution in [0.25, 0.3) is 22.4 Å². The molecule has 0 aliphatic rings. The summed E-state index contributed by atoms with van der Waals surface area (Å²) in [6.07, 6.45) is 3.35. The second-order valence-electron chi connectivity index (χ2n) is 6.27. The fourth-order valence-corrected chi connectivity index (χ4v) is 3.69. The third-order valence-corrected chi connectivity index (χ3v) is 5.23. The Kier molecular flexibility index (Phi) is 5.09. The number of allylic oxidation sites excluding steroid dienone is 1. The minimum atomic E-state index is -0.288. The van der Waals surface area contributed by atoms with Crippen LogP contribution in [0.15, 0.2) is 57.6 Å². The second kappa shape index (κ2) is 7.84. The molecule has 0 aliphatic heterocycles. The van der Waals surface area contributed by atoms with E-state index < -0.39 is 0 Å². The molecule has 0 aliphatic carbocycles. The van der Waals surface area contributed by atoms with Crippen molar-refractivity contribution in [3.05, 3.63) is 59.4 Å². The van der Waals surface area contributed by atoms with Crippen LogP contribution in [0.4, 0.5) is 5.69 Å². The molecule has 0 saturated heterocycles. The number of aromatic nitrogens is 5. The van der Waals surface area contributed by atoms with Crippen molar-refractivity contribution in [1.29, 1.82) is 0 Å². The van der Waals surface area contributed by atoms with Crippen LogP contribution < -0.4 is 11.0 Å². The molecule has 3 N–H and O–H groups in total. The number of fused-ring (bicyclic) bond motifs is 1. The molecule has 4 aromatic rings. The SMILES string of the molecule is C=CCn1c(SCC(=O)Nc2ccc3[nH]c(=O)[nH]c3c2)nnc1-c1ccoc1C. The molecule has 0 bridgehead atoms. The molecule has 4 rings (SSSR count). The molecule has 9 nitrogen and oxygen atoms in total. The zero-order valence-electron chi connectivity index (χ0n) is 15.6. The lowest BCUT2D eigenvalue weighted by Crippen LogP contribution is -2.14. The Morgan fingerprint density at radius 2 is 2.14 bits per heavy atom. The number of aromatic amines is 2. The quantitative estimate of drug-likeness (QED) is 0.318. The van der Waals surface area contributed by atoms with Gasteiger partial charge in [0.25, 0.3) is 0 Å². The number of H-pyrrole nitrogens is 2. The highest BCUT2D eigenvalue weighted by atomic mass is 32.2. The molecule has 0 saturated carbocycles. The number of aryl methyl sites for hydroxylation is 1. The number of rotatable bonds is 7. The third-order valence-electron chi connectivity index (χ3n) is 4.26. The van der Waals surface area contributed by atoms with E-state index in [0.717, 1.165) is 11.3 Å². The number of amides is 1. The largest absolute Gasteiger partial charge is 0.469 e. The Hall–Kier alpha value is -3.53.